The summed E-state index contributed by atoms with van der Waals surface area (Å²) in [4.78, 5) is 21.6. The molecule has 0 rings (SSSR count). The normalized spacial score (nSPS) is 11.9. The molecule has 0 heterocycles. The van der Waals surface area contributed by atoms with Crippen LogP contribution in [0.25, 0.3) is 0 Å². The number of nitrogens with zero attached hydrogens (tertiary/aromatic N) is 1. The van der Waals surface area contributed by atoms with Crippen LogP contribution in [-0.4, -0.2) is 31.2 Å². The third-order valence-electron chi connectivity index (χ3n) is 0.974. The maximum Gasteiger partial charge on any atom is 0.284 e. The zero-order chi connectivity index (χ0) is 9.02. The summed E-state index contributed by atoms with van der Waals surface area (Å²) in [5, 5.41) is 0. The van der Waals surface area contributed by atoms with E-state index in [1.807, 2.05) is 0 Å². The van der Waals surface area contributed by atoms with E-state index < -0.39 is 17.4 Å². The largest absolute Gasteiger partial charge is 0.394 e. The standard InChI is InChI=1S/C6H9FN2O2/c1-9(2)6(11)5(7)4(8)3-10/h3H,8H2,1-2H3/b5-4-. The van der Waals surface area contributed by atoms with E-state index in [1.54, 1.807) is 0 Å². The molecule has 0 saturated heterocycles. The summed E-state index contributed by atoms with van der Waals surface area (Å²) in [6.07, 6.45) is 0.0940. The number of rotatable bonds is 2. The van der Waals surface area contributed by atoms with Crippen LogP contribution in [0.4, 0.5) is 4.39 Å². The Hall–Kier alpha value is -1.39. The van der Waals surface area contributed by atoms with Crippen molar-refractivity contribution in [2.75, 3.05) is 14.1 Å². The Morgan fingerprint density at radius 1 is 1.55 bits per heavy atom. The van der Waals surface area contributed by atoms with Crippen molar-refractivity contribution in [2.24, 2.45) is 5.73 Å². The van der Waals surface area contributed by atoms with Crippen LogP contribution in [0, 0.1) is 0 Å². The Labute approximate surface area is 63.5 Å². The molecule has 4 nitrogen and oxygen atoms in total. The fourth-order valence-corrected chi connectivity index (χ4v) is 0.372. The first-order valence-electron chi connectivity index (χ1n) is 2.82. The Kier molecular flexibility index (Phi) is 3.23. The predicted octanol–water partition coefficient (Wildman–Crippen LogP) is -0.587. The summed E-state index contributed by atoms with van der Waals surface area (Å²) < 4.78 is 12.6. The molecular formula is C6H9FN2O2. The molecule has 0 fully saturated rings. The van der Waals surface area contributed by atoms with Gasteiger partial charge in [0.25, 0.3) is 5.91 Å². The topological polar surface area (TPSA) is 63.4 Å². The van der Waals surface area contributed by atoms with Crippen LogP contribution in [0.1, 0.15) is 0 Å². The van der Waals surface area contributed by atoms with E-state index in [-0.39, 0.29) is 6.29 Å². The van der Waals surface area contributed by atoms with Gasteiger partial charge in [-0.15, -0.1) is 0 Å². The smallest absolute Gasteiger partial charge is 0.284 e. The molecule has 2 N–H and O–H groups in total. The Balaban J connectivity index is 4.60. The monoisotopic (exact) mass is 160 g/mol. The van der Waals surface area contributed by atoms with Crippen molar-refractivity contribution in [2.45, 2.75) is 0 Å². The van der Waals surface area contributed by atoms with E-state index >= 15 is 0 Å². The van der Waals surface area contributed by atoms with Crippen molar-refractivity contribution in [3.8, 4) is 0 Å². The first kappa shape index (κ1) is 9.61. The highest BCUT2D eigenvalue weighted by atomic mass is 19.1. The van der Waals surface area contributed by atoms with Crippen LogP contribution in [0.15, 0.2) is 11.5 Å². The maximum absolute atomic E-state index is 12.6. The van der Waals surface area contributed by atoms with E-state index in [4.69, 9.17) is 5.73 Å². The fraction of sp³-hybridized carbons (Fsp3) is 0.333. The molecule has 0 radical (unpaired) electrons. The number of hydrogen-bond acceptors (Lipinski definition) is 3. The van der Waals surface area contributed by atoms with Gasteiger partial charge in [0.1, 0.15) is 5.70 Å². The minimum Gasteiger partial charge on any atom is -0.394 e. The molecule has 0 aromatic rings. The van der Waals surface area contributed by atoms with E-state index in [9.17, 15) is 14.0 Å². The van der Waals surface area contributed by atoms with Crippen LogP contribution in [0.2, 0.25) is 0 Å². The molecule has 62 valence electrons. The lowest BCUT2D eigenvalue weighted by atomic mass is 10.4. The van der Waals surface area contributed by atoms with Gasteiger partial charge >= 0.3 is 0 Å². The summed E-state index contributed by atoms with van der Waals surface area (Å²) in [7, 11) is 2.72. The molecule has 5 heteroatoms. The van der Waals surface area contributed by atoms with Gasteiger partial charge in [0.2, 0.25) is 5.83 Å². The molecule has 0 spiro atoms. The van der Waals surface area contributed by atoms with Gasteiger partial charge in [-0.05, 0) is 0 Å². The summed E-state index contributed by atoms with van der Waals surface area (Å²) in [5.41, 5.74) is 4.17. The minimum absolute atomic E-state index is 0.0940. The van der Waals surface area contributed by atoms with Crippen molar-refractivity contribution in [1.29, 1.82) is 0 Å². The van der Waals surface area contributed by atoms with Crippen molar-refractivity contribution in [3.05, 3.63) is 11.5 Å². The summed E-state index contributed by atoms with van der Waals surface area (Å²) in [6, 6.07) is 0. The number of allylic oxidation sites excluding steroid dienone is 1. The highest BCUT2D eigenvalue weighted by Crippen LogP contribution is 2.01. The second kappa shape index (κ2) is 3.70. The zero-order valence-corrected chi connectivity index (χ0v) is 6.30. The van der Waals surface area contributed by atoms with Gasteiger partial charge in [0.05, 0.1) is 0 Å². The van der Waals surface area contributed by atoms with Crippen LogP contribution in [0.3, 0.4) is 0 Å². The molecule has 0 aliphatic carbocycles. The SMILES string of the molecule is CN(C)C(=O)/C(F)=C(/N)C=O. The van der Waals surface area contributed by atoms with Gasteiger partial charge < -0.3 is 10.6 Å². The van der Waals surface area contributed by atoms with Crippen molar-refractivity contribution in [1.82, 2.24) is 4.90 Å². The van der Waals surface area contributed by atoms with Gasteiger partial charge in [-0.2, -0.15) is 4.39 Å². The number of nitrogens with two attached hydrogens (primary N) is 1. The highest BCUT2D eigenvalue weighted by Gasteiger charge is 2.14. The van der Waals surface area contributed by atoms with E-state index in [0.717, 1.165) is 4.90 Å². The molecule has 0 aliphatic rings. The average molecular weight is 160 g/mol. The Morgan fingerprint density at radius 2 is 2.00 bits per heavy atom. The highest BCUT2D eigenvalue weighted by molar-refractivity contribution is 5.96. The third-order valence-corrected chi connectivity index (χ3v) is 0.974. The number of hydrogen-bond donors (Lipinski definition) is 1. The lowest BCUT2D eigenvalue weighted by Gasteiger charge is -2.07. The molecule has 0 aromatic heterocycles. The van der Waals surface area contributed by atoms with E-state index in [2.05, 4.69) is 0 Å². The van der Waals surface area contributed by atoms with Gasteiger partial charge in [-0.3, -0.25) is 9.59 Å². The van der Waals surface area contributed by atoms with Crippen LogP contribution in [0.5, 0.6) is 0 Å². The van der Waals surface area contributed by atoms with Gasteiger partial charge in [0.15, 0.2) is 6.29 Å². The first-order valence-corrected chi connectivity index (χ1v) is 2.82. The quantitative estimate of drug-likeness (QED) is 0.434. The van der Waals surface area contributed by atoms with E-state index in [0.29, 0.717) is 0 Å². The molecule has 0 aromatic carbocycles. The maximum atomic E-state index is 12.6. The van der Waals surface area contributed by atoms with Crippen LogP contribution < -0.4 is 5.73 Å². The average Bonchev–Trinajstić information content (AvgIpc) is 2.00. The molecule has 0 aliphatic heterocycles. The molecule has 0 atom stereocenters. The number of likely N-dealkylation sites (N-methyl/N-ethyl adjacent to an activating group) is 1. The molecule has 11 heavy (non-hydrogen) atoms. The molecular weight excluding hydrogens is 151 g/mol. The van der Waals surface area contributed by atoms with Crippen LogP contribution >= 0.6 is 0 Å². The Morgan fingerprint density at radius 3 is 2.27 bits per heavy atom. The zero-order valence-electron chi connectivity index (χ0n) is 6.30. The molecule has 1 amide bonds. The fourth-order valence-electron chi connectivity index (χ4n) is 0.372. The molecule has 0 bridgehead atoms. The Bertz CT molecular complexity index is 211. The first-order chi connectivity index (χ1) is 5.00. The summed E-state index contributed by atoms with van der Waals surface area (Å²) in [6.45, 7) is 0. The van der Waals surface area contributed by atoms with Gasteiger partial charge in [0, 0.05) is 14.1 Å². The van der Waals surface area contributed by atoms with Gasteiger partial charge in [-0.1, -0.05) is 0 Å². The van der Waals surface area contributed by atoms with E-state index in [1.165, 1.54) is 14.1 Å². The number of halogens is 1. The van der Waals surface area contributed by atoms with Crippen molar-refractivity contribution in [3.63, 3.8) is 0 Å². The second-order valence-electron chi connectivity index (χ2n) is 2.09. The van der Waals surface area contributed by atoms with Crippen LogP contribution in [-0.2, 0) is 9.59 Å². The summed E-state index contributed by atoms with van der Waals surface area (Å²) in [5.74, 6) is -2.13. The number of amides is 1. The number of aldehydes is 1. The van der Waals surface area contributed by atoms with Crippen molar-refractivity contribution >= 4 is 12.2 Å². The van der Waals surface area contributed by atoms with Crippen molar-refractivity contribution < 1.29 is 14.0 Å². The number of carbonyl (C=O) groups is 2. The predicted molar refractivity (Wildman–Crippen MR) is 37.1 cm³/mol. The lowest BCUT2D eigenvalue weighted by Crippen LogP contribution is -2.24. The summed E-state index contributed by atoms with van der Waals surface area (Å²) >= 11 is 0. The second-order valence-corrected chi connectivity index (χ2v) is 2.09. The number of carbonyl (C=O) groups excluding carboxylic acids is 2. The molecule has 0 unspecified atom stereocenters. The lowest BCUT2D eigenvalue weighted by molar-refractivity contribution is -0.126. The van der Waals surface area contributed by atoms with Gasteiger partial charge in [-0.25, -0.2) is 0 Å². The molecule has 0 saturated carbocycles. The minimum atomic E-state index is -1.22. The third kappa shape index (κ3) is 2.37.